The van der Waals surface area contributed by atoms with E-state index in [1.807, 2.05) is 20.8 Å². The third-order valence-corrected chi connectivity index (χ3v) is 13.2. The molecule has 0 bridgehead atoms. The van der Waals surface area contributed by atoms with Gasteiger partial charge in [-0.3, -0.25) is 14.0 Å². The highest BCUT2D eigenvalue weighted by Crippen LogP contribution is 2.75. The van der Waals surface area contributed by atoms with Gasteiger partial charge in [0.2, 0.25) is 0 Å². The fourth-order valence-corrected chi connectivity index (χ4v) is 10.7. The van der Waals surface area contributed by atoms with Crippen LogP contribution in [0.4, 0.5) is 4.39 Å². The first-order chi connectivity index (χ1) is 17.6. The maximum atomic E-state index is 14.4. The number of aliphatic hydroxyl groups excluding tert-OH is 2. The molecule has 0 spiro atoms. The number of nitrogens with zero attached hydrogens (tertiary/aromatic N) is 1. The molecule has 5 rings (SSSR count). The van der Waals surface area contributed by atoms with Crippen LogP contribution in [0, 0.1) is 67.5 Å². The lowest BCUT2D eigenvalue weighted by atomic mass is 9.32. The van der Waals surface area contributed by atoms with Gasteiger partial charge in [-0.1, -0.05) is 40.2 Å². The molecule has 0 amide bonds. The number of aliphatic carboxylic acids is 1. The fourth-order valence-electron chi connectivity index (χ4n) is 10.7. The zero-order valence-electron chi connectivity index (χ0n) is 23.5. The highest BCUT2D eigenvalue weighted by Gasteiger charge is 2.73. The van der Waals surface area contributed by atoms with Crippen molar-refractivity contribution in [1.29, 1.82) is 5.26 Å². The smallest absolute Gasteiger partial charge is 0.310 e. The summed E-state index contributed by atoms with van der Waals surface area (Å²) in [5.41, 5.74) is -3.27. The lowest BCUT2D eigenvalue weighted by Crippen LogP contribution is -2.69. The molecular weight excluding hydrogens is 485 g/mol. The summed E-state index contributed by atoms with van der Waals surface area (Å²) in [5, 5.41) is 42.6. The zero-order chi connectivity index (χ0) is 28.1. The van der Waals surface area contributed by atoms with Crippen molar-refractivity contribution in [3.05, 3.63) is 11.6 Å². The molecule has 0 aromatic rings. The number of carbonyl (C=O) groups is 2. The molecule has 6 nitrogen and oxygen atoms in total. The molecule has 0 heterocycles. The lowest BCUT2D eigenvalue weighted by Gasteiger charge is -2.70. The maximum Gasteiger partial charge on any atom is 0.310 e. The molecule has 3 N–H and O–H groups in total. The van der Waals surface area contributed by atoms with Crippen LogP contribution < -0.4 is 0 Å². The number of carbonyl (C=O) groups excluding carboxylic acids is 1. The molecule has 0 aliphatic heterocycles. The third kappa shape index (κ3) is 3.17. The summed E-state index contributed by atoms with van der Waals surface area (Å²) in [6.45, 7) is 9.36. The third-order valence-electron chi connectivity index (χ3n) is 13.2. The highest BCUT2D eigenvalue weighted by atomic mass is 19.1. The monoisotopic (exact) mass is 529 g/mol. The summed E-state index contributed by atoms with van der Waals surface area (Å²) >= 11 is 0. The summed E-state index contributed by atoms with van der Waals surface area (Å²) in [6.07, 6.45) is 4.99. The van der Waals surface area contributed by atoms with E-state index in [4.69, 9.17) is 0 Å². The van der Waals surface area contributed by atoms with Gasteiger partial charge in [0, 0.05) is 17.9 Å². The van der Waals surface area contributed by atoms with Crippen molar-refractivity contribution in [2.75, 3.05) is 13.3 Å². The van der Waals surface area contributed by atoms with Gasteiger partial charge in [-0.2, -0.15) is 5.26 Å². The van der Waals surface area contributed by atoms with E-state index in [0.29, 0.717) is 44.9 Å². The van der Waals surface area contributed by atoms with Gasteiger partial charge in [-0.15, -0.1) is 0 Å². The number of allylic oxidation sites excluding steroid dienone is 2. The van der Waals surface area contributed by atoms with Crippen LogP contribution in [0.5, 0.6) is 0 Å². The summed E-state index contributed by atoms with van der Waals surface area (Å²) in [7, 11) is 0. The molecule has 38 heavy (non-hydrogen) atoms. The molecule has 5 unspecified atom stereocenters. The number of ketones is 1. The largest absolute Gasteiger partial charge is 0.481 e. The molecule has 0 aromatic carbocycles. The van der Waals surface area contributed by atoms with Crippen LogP contribution >= 0.6 is 0 Å². The molecule has 210 valence electrons. The summed E-state index contributed by atoms with van der Waals surface area (Å²) in [6, 6.07) is 2.27. The second-order valence-electron chi connectivity index (χ2n) is 15.0. The molecule has 0 saturated heterocycles. The average Bonchev–Trinajstić information content (AvgIpc) is 2.87. The Labute approximate surface area is 225 Å². The molecule has 5 aliphatic rings. The predicted octanol–water partition coefficient (Wildman–Crippen LogP) is 5.08. The number of carboxylic acids is 1. The number of alkyl halides is 1. The van der Waals surface area contributed by atoms with Crippen molar-refractivity contribution < 1.29 is 29.3 Å². The molecule has 0 radical (unpaired) electrons. The molecule has 5 aliphatic carbocycles. The molecule has 4 saturated carbocycles. The van der Waals surface area contributed by atoms with E-state index in [-0.39, 0.29) is 24.7 Å². The summed E-state index contributed by atoms with van der Waals surface area (Å²) < 4.78 is 14.2. The number of aliphatic hydroxyl groups is 2. The molecule has 10 atom stereocenters. The van der Waals surface area contributed by atoms with Crippen molar-refractivity contribution in [3.8, 4) is 6.07 Å². The Bertz CT molecular complexity index is 1130. The number of hydrogen-bond donors (Lipinski definition) is 3. The summed E-state index contributed by atoms with van der Waals surface area (Å²) in [4.78, 5) is 27.2. The van der Waals surface area contributed by atoms with Crippen molar-refractivity contribution >= 4 is 11.8 Å². The minimum atomic E-state index is -0.988. The molecular formula is C31H44FNO5. The van der Waals surface area contributed by atoms with E-state index in [9.17, 15) is 34.6 Å². The topological polar surface area (TPSA) is 119 Å². The van der Waals surface area contributed by atoms with Gasteiger partial charge in [0.15, 0.2) is 5.78 Å². The lowest BCUT2D eigenvalue weighted by molar-refractivity contribution is -0.227. The first kappa shape index (κ1) is 27.8. The Morgan fingerprint density at radius 2 is 1.76 bits per heavy atom. The second-order valence-corrected chi connectivity index (χ2v) is 15.0. The molecule has 4 fully saturated rings. The van der Waals surface area contributed by atoms with Crippen LogP contribution in [0.3, 0.4) is 0 Å². The quantitative estimate of drug-likeness (QED) is 0.469. The number of fused-ring (bicyclic) bond motifs is 7. The molecule has 7 heteroatoms. The Balaban J connectivity index is 1.69. The van der Waals surface area contributed by atoms with Crippen LogP contribution in [-0.4, -0.2) is 46.5 Å². The van der Waals surface area contributed by atoms with Gasteiger partial charge in [0.05, 0.1) is 30.2 Å². The van der Waals surface area contributed by atoms with Crippen molar-refractivity contribution in [2.24, 2.45) is 56.2 Å². The van der Waals surface area contributed by atoms with Crippen LogP contribution in [0.1, 0.15) is 86.0 Å². The van der Waals surface area contributed by atoms with E-state index >= 15 is 0 Å². The average molecular weight is 530 g/mol. The van der Waals surface area contributed by atoms with Crippen molar-refractivity contribution in [2.45, 2.75) is 92.1 Å². The van der Waals surface area contributed by atoms with E-state index in [2.05, 4.69) is 19.9 Å². The highest BCUT2D eigenvalue weighted by molar-refractivity contribution is 5.96. The van der Waals surface area contributed by atoms with Crippen LogP contribution in [-0.2, 0) is 9.59 Å². The Morgan fingerprint density at radius 3 is 2.34 bits per heavy atom. The number of hydrogen-bond acceptors (Lipinski definition) is 5. The Hall–Kier alpha value is -1.78. The van der Waals surface area contributed by atoms with Gasteiger partial charge in [-0.25, -0.2) is 0 Å². The first-order valence-electron chi connectivity index (χ1n) is 14.4. The zero-order valence-corrected chi connectivity index (χ0v) is 23.5. The number of carboxylic acid groups (broad SMARTS) is 1. The van der Waals surface area contributed by atoms with Gasteiger partial charge in [0.25, 0.3) is 0 Å². The Morgan fingerprint density at radius 1 is 1.11 bits per heavy atom. The standard InChI is InChI=1S/C31H44FNO5/c1-26(2)22-6-7-29(5)23(31(22,17-34)13-18(15-33)24(26)36)21(35)12-19-20-14-27(3,16-32)8-10-30(20,25(37)38)11-9-28(19,29)4/h12,18,20,22-24,34,36H,6-11,13-14,16-17H2,1-5H3,(H,37,38)/t18?,20?,22?,23?,24?,27-,28+,29+,30-,31+/m0/s1. The number of halogens is 1. The predicted molar refractivity (Wildman–Crippen MR) is 139 cm³/mol. The van der Waals surface area contributed by atoms with Gasteiger partial charge >= 0.3 is 5.97 Å². The second kappa shape index (κ2) is 8.36. The fraction of sp³-hybridized carbons (Fsp3) is 0.839. The number of nitriles is 1. The SMILES string of the molecule is CC1(C)C(O)C(C#N)C[C@@]2(CO)C1CC[C@]1(C)C2C(=O)C=C2C3C[C@@](C)(CF)CC[C@]3(C(=O)O)CC[C@]21C. The maximum absolute atomic E-state index is 14.4. The first-order valence-corrected chi connectivity index (χ1v) is 14.4. The van der Waals surface area contributed by atoms with Crippen molar-refractivity contribution in [3.63, 3.8) is 0 Å². The van der Waals surface area contributed by atoms with Gasteiger partial charge in [0.1, 0.15) is 0 Å². The number of rotatable bonds is 3. The van der Waals surface area contributed by atoms with E-state index < -0.39 is 69.0 Å². The van der Waals surface area contributed by atoms with E-state index in [1.165, 1.54) is 0 Å². The Kier molecular flexibility index (Phi) is 6.11. The van der Waals surface area contributed by atoms with Crippen LogP contribution in [0.2, 0.25) is 0 Å². The molecule has 0 aromatic heterocycles. The van der Waals surface area contributed by atoms with Gasteiger partial charge < -0.3 is 15.3 Å². The van der Waals surface area contributed by atoms with Crippen LogP contribution in [0.25, 0.3) is 0 Å². The van der Waals surface area contributed by atoms with E-state index in [1.54, 1.807) is 6.08 Å². The normalized spacial score (nSPS) is 51.4. The van der Waals surface area contributed by atoms with Crippen LogP contribution in [0.15, 0.2) is 11.6 Å². The van der Waals surface area contributed by atoms with Crippen molar-refractivity contribution in [1.82, 2.24) is 0 Å². The minimum absolute atomic E-state index is 0.101. The van der Waals surface area contributed by atoms with E-state index in [0.717, 1.165) is 5.57 Å². The summed E-state index contributed by atoms with van der Waals surface area (Å²) in [5.74, 6) is -2.71. The minimum Gasteiger partial charge on any atom is -0.481 e. The van der Waals surface area contributed by atoms with Gasteiger partial charge in [-0.05, 0) is 90.9 Å².